The Morgan fingerprint density at radius 2 is 1.78 bits per heavy atom. The summed E-state index contributed by atoms with van der Waals surface area (Å²) in [4.78, 5) is 12.0. The maximum Gasteiger partial charge on any atom is 0.262 e. The van der Waals surface area contributed by atoms with Gasteiger partial charge in [0.05, 0.1) is 11.5 Å². The van der Waals surface area contributed by atoms with E-state index in [2.05, 4.69) is 10.0 Å². The number of nitrogens with two attached hydrogens (primary N) is 1. The normalized spacial score (nSPS) is 11.1. The summed E-state index contributed by atoms with van der Waals surface area (Å²) in [7, 11) is -3.81. The maximum absolute atomic E-state index is 12.8. The van der Waals surface area contributed by atoms with Gasteiger partial charge in [0.1, 0.15) is 5.75 Å². The molecule has 2 rings (SSSR count). The van der Waals surface area contributed by atoms with E-state index in [-0.39, 0.29) is 17.2 Å². The first-order valence-electron chi connectivity index (χ1n) is 8.72. The highest BCUT2D eigenvalue weighted by atomic mass is 32.2. The van der Waals surface area contributed by atoms with E-state index in [0.717, 1.165) is 0 Å². The number of benzene rings is 2. The van der Waals surface area contributed by atoms with Gasteiger partial charge in [0, 0.05) is 17.8 Å². The van der Waals surface area contributed by atoms with Crippen LogP contribution in [0.4, 0.5) is 11.4 Å². The predicted octanol–water partition coefficient (Wildman–Crippen LogP) is 2.87. The molecule has 0 radical (unpaired) electrons. The Hall–Kier alpha value is -2.58. The lowest BCUT2D eigenvalue weighted by Gasteiger charge is -2.13. The Morgan fingerprint density at radius 3 is 2.41 bits per heavy atom. The fourth-order valence-electron chi connectivity index (χ4n) is 2.45. The van der Waals surface area contributed by atoms with Crippen molar-refractivity contribution < 1.29 is 17.9 Å². The number of nitrogens with one attached hydrogen (secondary N) is 2. The number of rotatable bonds is 9. The van der Waals surface area contributed by atoms with Gasteiger partial charge in [-0.15, -0.1) is 0 Å². The Kier molecular flexibility index (Phi) is 7.20. The highest BCUT2D eigenvalue weighted by Crippen LogP contribution is 2.24. The zero-order valence-electron chi connectivity index (χ0n) is 15.5. The number of carbonyl (C=O) groups is 1. The molecular formula is C19H25N3O4S. The number of sulfonamides is 1. The van der Waals surface area contributed by atoms with Gasteiger partial charge in [-0.25, -0.2) is 8.42 Å². The molecule has 1 amide bonds. The average molecular weight is 391 g/mol. The summed E-state index contributed by atoms with van der Waals surface area (Å²) >= 11 is 0. The lowest BCUT2D eigenvalue weighted by Crippen LogP contribution is -2.16. The van der Waals surface area contributed by atoms with Crippen molar-refractivity contribution in [3.8, 4) is 5.75 Å². The number of hydrogen-bond acceptors (Lipinski definition) is 5. The second-order valence-corrected chi connectivity index (χ2v) is 7.63. The standard InChI is InChI=1S/C19H25N3O4S/c1-3-26-17-10-8-15(9-11-17)22-27(24,25)18-13-16(7-6-14(18)2)21-19(23)5-4-12-20/h6-11,13,22H,3-5,12,20H2,1-2H3,(H,21,23). The molecule has 0 aliphatic rings. The summed E-state index contributed by atoms with van der Waals surface area (Å²) in [6.45, 7) is 4.54. The van der Waals surface area contributed by atoms with Crippen molar-refractivity contribution in [2.45, 2.75) is 31.6 Å². The zero-order valence-corrected chi connectivity index (χ0v) is 16.3. The van der Waals surface area contributed by atoms with Crippen LogP contribution in [0.15, 0.2) is 47.4 Å². The zero-order chi connectivity index (χ0) is 19.9. The molecule has 2 aromatic carbocycles. The van der Waals surface area contributed by atoms with E-state index >= 15 is 0 Å². The highest BCUT2D eigenvalue weighted by Gasteiger charge is 2.18. The molecule has 7 nitrogen and oxygen atoms in total. The topological polar surface area (TPSA) is 111 Å². The van der Waals surface area contributed by atoms with Crippen LogP contribution in [0.25, 0.3) is 0 Å². The maximum atomic E-state index is 12.8. The quantitative estimate of drug-likeness (QED) is 0.609. The van der Waals surface area contributed by atoms with E-state index in [0.29, 0.717) is 42.3 Å². The molecule has 27 heavy (non-hydrogen) atoms. The van der Waals surface area contributed by atoms with Gasteiger partial charge >= 0.3 is 0 Å². The molecule has 0 heterocycles. The van der Waals surface area contributed by atoms with Crippen molar-refractivity contribution in [1.82, 2.24) is 0 Å². The molecule has 0 spiro atoms. The Balaban J connectivity index is 2.19. The molecule has 146 valence electrons. The monoisotopic (exact) mass is 391 g/mol. The van der Waals surface area contributed by atoms with Crippen LogP contribution in [0.3, 0.4) is 0 Å². The van der Waals surface area contributed by atoms with Crippen molar-refractivity contribution in [3.63, 3.8) is 0 Å². The van der Waals surface area contributed by atoms with E-state index in [1.807, 2.05) is 6.92 Å². The molecule has 8 heteroatoms. The Morgan fingerprint density at radius 1 is 1.11 bits per heavy atom. The Labute approximate surface area is 160 Å². The summed E-state index contributed by atoms with van der Waals surface area (Å²) in [5.41, 5.74) is 6.82. The van der Waals surface area contributed by atoms with Gasteiger partial charge in [-0.05, 0) is 68.8 Å². The van der Waals surface area contributed by atoms with E-state index in [1.165, 1.54) is 6.07 Å². The molecule has 0 aromatic heterocycles. The average Bonchev–Trinajstić information content (AvgIpc) is 2.63. The van der Waals surface area contributed by atoms with E-state index in [9.17, 15) is 13.2 Å². The van der Waals surface area contributed by atoms with E-state index in [1.54, 1.807) is 43.3 Å². The molecule has 0 atom stereocenters. The largest absolute Gasteiger partial charge is 0.494 e. The second-order valence-electron chi connectivity index (χ2n) is 5.98. The van der Waals surface area contributed by atoms with E-state index in [4.69, 9.17) is 10.5 Å². The lowest BCUT2D eigenvalue weighted by molar-refractivity contribution is -0.116. The summed E-state index contributed by atoms with van der Waals surface area (Å²) in [6.07, 6.45) is 0.860. The predicted molar refractivity (Wildman–Crippen MR) is 107 cm³/mol. The molecule has 0 aliphatic carbocycles. The summed E-state index contributed by atoms with van der Waals surface area (Å²) in [5.74, 6) is 0.464. The minimum atomic E-state index is -3.81. The van der Waals surface area contributed by atoms with Crippen molar-refractivity contribution >= 4 is 27.3 Å². The molecule has 0 unspecified atom stereocenters. The lowest BCUT2D eigenvalue weighted by atomic mass is 10.2. The SMILES string of the molecule is CCOc1ccc(NS(=O)(=O)c2cc(NC(=O)CCCN)ccc2C)cc1. The van der Waals surface area contributed by atoms with Crippen molar-refractivity contribution in [1.29, 1.82) is 0 Å². The third-order valence-corrected chi connectivity index (χ3v) is 5.31. The highest BCUT2D eigenvalue weighted by molar-refractivity contribution is 7.92. The van der Waals surface area contributed by atoms with Gasteiger partial charge in [0.2, 0.25) is 5.91 Å². The first-order chi connectivity index (χ1) is 12.9. The molecule has 0 bridgehead atoms. The molecule has 0 saturated heterocycles. The van der Waals surface area contributed by atoms with Gasteiger partial charge in [-0.3, -0.25) is 9.52 Å². The van der Waals surface area contributed by atoms with Crippen LogP contribution in [0.1, 0.15) is 25.3 Å². The first kappa shape index (κ1) is 20.7. The number of aryl methyl sites for hydroxylation is 1. The van der Waals surface area contributed by atoms with Gasteiger partial charge < -0.3 is 15.8 Å². The first-order valence-corrected chi connectivity index (χ1v) is 10.2. The minimum Gasteiger partial charge on any atom is -0.494 e. The van der Waals surface area contributed by atoms with Gasteiger partial charge in [-0.1, -0.05) is 6.07 Å². The van der Waals surface area contributed by atoms with Crippen molar-refractivity contribution in [2.24, 2.45) is 5.73 Å². The van der Waals surface area contributed by atoms with Crippen LogP contribution in [0.5, 0.6) is 5.75 Å². The Bertz CT molecular complexity index is 880. The van der Waals surface area contributed by atoms with E-state index < -0.39 is 10.0 Å². The van der Waals surface area contributed by atoms with Crippen molar-refractivity contribution in [2.75, 3.05) is 23.2 Å². The number of anilines is 2. The third-order valence-electron chi connectivity index (χ3n) is 3.79. The molecule has 2 aromatic rings. The molecule has 0 aliphatic heterocycles. The number of amides is 1. The van der Waals surface area contributed by atoms with Gasteiger partial charge in [0.25, 0.3) is 10.0 Å². The number of hydrogen-bond donors (Lipinski definition) is 3. The molecular weight excluding hydrogens is 366 g/mol. The third kappa shape index (κ3) is 5.97. The van der Waals surface area contributed by atoms with Gasteiger partial charge in [-0.2, -0.15) is 0 Å². The van der Waals surface area contributed by atoms with Crippen LogP contribution in [-0.2, 0) is 14.8 Å². The van der Waals surface area contributed by atoms with Crippen molar-refractivity contribution in [3.05, 3.63) is 48.0 Å². The summed E-state index contributed by atoms with van der Waals surface area (Å²) in [6, 6.07) is 11.4. The fourth-order valence-corrected chi connectivity index (χ4v) is 3.78. The fraction of sp³-hybridized carbons (Fsp3) is 0.316. The molecule has 4 N–H and O–H groups in total. The summed E-state index contributed by atoms with van der Waals surface area (Å²) < 4.78 is 33.4. The van der Waals surface area contributed by atoms with Crippen LogP contribution in [0, 0.1) is 6.92 Å². The van der Waals surface area contributed by atoms with Crippen LogP contribution >= 0.6 is 0 Å². The summed E-state index contributed by atoms with van der Waals surface area (Å²) in [5, 5.41) is 2.70. The smallest absolute Gasteiger partial charge is 0.262 e. The van der Waals surface area contributed by atoms with Crippen LogP contribution < -0.4 is 20.5 Å². The van der Waals surface area contributed by atoms with Gasteiger partial charge in [0.15, 0.2) is 0 Å². The number of ether oxygens (including phenoxy) is 1. The van der Waals surface area contributed by atoms with Crippen LogP contribution in [-0.4, -0.2) is 27.5 Å². The number of carbonyl (C=O) groups excluding carboxylic acids is 1. The molecule has 0 saturated carbocycles. The molecule has 0 fully saturated rings. The van der Waals surface area contributed by atoms with Crippen LogP contribution in [0.2, 0.25) is 0 Å². The minimum absolute atomic E-state index is 0.105. The second kappa shape index (κ2) is 9.38.